The molecule has 0 bridgehead atoms. The highest BCUT2D eigenvalue weighted by molar-refractivity contribution is 8.18. The zero-order chi connectivity index (χ0) is 16.4. The van der Waals surface area contributed by atoms with Gasteiger partial charge in [-0.1, -0.05) is 30.2 Å². The molecule has 0 radical (unpaired) electrons. The summed E-state index contributed by atoms with van der Waals surface area (Å²) < 4.78 is 2.06. The van der Waals surface area contributed by atoms with Gasteiger partial charge in [-0.3, -0.25) is 14.5 Å². The second kappa shape index (κ2) is 6.19. The number of hydrogen-bond acceptors (Lipinski definition) is 3. The summed E-state index contributed by atoms with van der Waals surface area (Å²) in [6.07, 6.45) is 10.7. The van der Waals surface area contributed by atoms with Crippen molar-refractivity contribution < 1.29 is 9.59 Å². The summed E-state index contributed by atoms with van der Waals surface area (Å²) in [6, 6.07) is 7.92. The van der Waals surface area contributed by atoms with Crippen LogP contribution in [0.25, 0.3) is 17.0 Å². The largest absolute Gasteiger partial charge is 0.343 e. The Bertz CT molecular complexity index is 886. The smallest absolute Gasteiger partial charge is 0.294 e. The zero-order valence-corrected chi connectivity index (χ0v) is 13.2. The van der Waals surface area contributed by atoms with Gasteiger partial charge in [0.1, 0.15) is 0 Å². The van der Waals surface area contributed by atoms with E-state index >= 15 is 0 Å². The number of nitrogens with zero attached hydrogens (tertiary/aromatic N) is 2. The lowest BCUT2D eigenvalue weighted by Crippen LogP contribution is -2.28. The van der Waals surface area contributed by atoms with Crippen molar-refractivity contribution >= 4 is 39.9 Å². The van der Waals surface area contributed by atoms with Crippen molar-refractivity contribution in [2.75, 3.05) is 6.54 Å². The molecule has 114 valence electrons. The van der Waals surface area contributed by atoms with Gasteiger partial charge in [-0.05, 0) is 23.9 Å². The van der Waals surface area contributed by atoms with Gasteiger partial charge in [-0.15, -0.1) is 13.0 Å². The van der Waals surface area contributed by atoms with Crippen LogP contribution in [-0.4, -0.2) is 27.2 Å². The molecule has 0 aliphatic carbocycles. The van der Waals surface area contributed by atoms with E-state index in [1.807, 2.05) is 36.5 Å². The third-order valence-electron chi connectivity index (χ3n) is 3.55. The Kier molecular flexibility index (Phi) is 4.09. The van der Waals surface area contributed by atoms with Crippen LogP contribution >= 0.6 is 11.8 Å². The lowest BCUT2D eigenvalue weighted by atomic mass is 10.1. The molecule has 1 saturated heterocycles. The van der Waals surface area contributed by atoms with Crippen molar-refractivity contribution in [2.45, 2.75) is 6.54 Å². The fraction of sp³-hybridized carbons (Fsp3) is 0.111. The van der Waals surface area contributed by atoms with Crippen LogP contribution in [0.4, 0.5) is 4.79 Å². The SMILES string of the molecule is C#CCN1C(=O)SC(=Cc2cn(CC=C)c3ccccc23)C1=O. The van der Waals surface area contributed by atoms with Crippen molar-refractivity contribution in [3.05, 3.63) is 53.6 Å². The summed E-state index contributed by atoms with van der Waals surface area (Å²) >= 11 is 0.921. The summed E-state index contributed by atoms with van der Waals surface area (Å²) in [5.41, 5.74) is 1.95. The number of aromatic nitrogens is 1. The summed E-state index contributed by atoms with van der Waals surface area (Å²) in [5, 5.41) is 0.701. The summed E-state index contributed by atoms with van der Waals surface area (Å²) in [5.74, 6) is 2.00. The van der Waals surface area contributed by atoms with Crippen LogP contribution in [0, 0.1) is 12.3 Å². The fourth-order valence-electron chi connectivity index (χ4n) is 2.55. The van der Waals surface area contributed by atoms with Gasteiger partial charge in [0.25, 0.3) is 11.1 Å². The average molecular weight is 322 g/mol. The van der Waals surface area contributed by atoms with Gasteiger partial charge < -0.3 is 4.57 Å². The number of amides is 2. The molecule has 4 nitrogen and oxygen atoms in total. The Hall–Kier alpha value is -2.71. The maximum Gasteiger partial charge on any atom is 0.294 e. The molecular formula is C18H14N2O2S. The van der Waals surface area contributed by atoms with Crippen molar-refractivity contribution in [1.29, 1.82) is 0 Å². The second-order valence-corrected chi connectivity index (χ2v) is 6.01. The number of imide groups is 1. The van der Waals surface area contributed by atoms with Crippen LogP contribution in [0.15, 0.2) is 48.0 Å². The highest BCUT2D eigenvalue weighted by atomic mass is 32.2. The number of carbonyl (C=O) groups excluding carboxylic acids is 2. The normalized spacial score (nSPS) is 16.3. The van der Waals surface area contributed by atoms with E-state index in [9.17, 15) is 9.59 Å². The van der Waals surface area contributed by atoms with Crippen LogP contribution in [0.2, 0.25) is 0 Å². The van der Waals surface area contributed by atoms with Gasteiger partial charge in [0, 0.05) is 29.2 Å². The van der Waals surface area contributed by atoms with Gasteiger partial charge >= 0.3 is 0 Å². The van der Waals surface area contributed by atoms with Gasteiger partial charge in [0.15, 0.2) is 0 Å². The van der Waals surface area contributed by atoms with Gasteiger partial charge in [-0.2, -0.15) is 0 Å². The van der Waals surface area contributed by atoms with Crippen LogP contribution in [0.3, 0.4) is 0 Å². The second-order valence-electron chi connectivity index (χ2n) is 5.01. The Morgan fingerprint density at radius 3 is 2.83 bits per heavy atom. The minimum Gasteiger partial charge on any atom is -0.343 e. The van der Waals surface area contributed by atoms with Crippen LogP contribution in [0.1, 0.15) is 5.56 Å². The molecule has 3 rings (SSSR count). The molecule has 1 aliphatic rings. The predicted octanol–water partition coefficient (Wildman–Crippen LogP) is 3.50. The van der Waals surface area contributed by atoms with Crippen molar-refractivity contribution in [2.24, 2.45) is 0 Å². The van der Waals surface area contributed by atoms with Crippen molar-refractivity contribution in [1.82, 2.24) is 9.47 Å². The Morgan fingerprint density at radius 2 is 2.09 bits per heavy atom. The molecule has 0 unspecified atom stereocenters. The molecule has 0 spiro atoms. The molecule has 0 atom stereocenters. The summed E-state index contributed by atoms with van der Waals surface area (Å²) in [7, 11) is 0. The summed E-state index contributed by atoms with van der Waals surface area (Å²) in [4.78, 5) is 25.6. The molecule has 0 saturated carbocycles. The van der Waals surface area contributed by atoms with Gasteiger partial charge in [0.05, 0.1) is 11.4 Å². The number of thioether (sulfide) groups is 1. The first-order chi connectivity index (χ1) is 11.2. The first kappa shape index (κ1) is 15.2. The number of para-hydroxylation sites is 1. The Balaban J connectivity index is 2.05. The number of rotatable bonds is 4. The average Bonchev–Trinajstić information content (AvgIpc) is 3.02. The number of hydrogen-bond donors (Lipinski definition) is 0. The van der Waals surface area contributed by atoms with Crippen LogP contribution < -0.4 is 0 Å². The highest BCUT2D eigenvalue weighted by Crippen LogP contribution is 2.33. The molecule has 23 heavy (non-hydrogen) atoms. The van der Waals surface area contributed by atoms with Gasteiger partial charge in [0.2, 0.25) is 0 Å². The Labute approximate surface area is 138 Å². The molecule has 1 aliphatic heterocycles. The van der Waals surface area contributed by atoms with Crippen LogP contribution in [0.5, 0.6) is 0 Å². The number of terminal acetylenes is 1. The van der Waals surface area contributed by atoms with E-state index in [0.29, 0.717) is 11.4 Å². The third-order valence-corrected chi connectivity index (χ3v) is 4.46. The first-order valence-electron chi connectivity index (χ1n) is 7.03. The first-order valence-corrected chi connectivity index (χ1v) is 7.85. The standard InChI is InChI=1S/C18H14N2O2S/c1-3-9-19-12-13(14-7-5-6-8-15(14)19)11-16-17(21)20(10-4-2)18(22)23-16/h2-3,5-8,11-12H,1,9-10H2. The molecule has 5 heteroatoms. The van der Waals surface area contributed by atoms with E-state index in [0.717, 1.165) is 33.1 Å². The van der Waals surface area contributed by atoms with E-state index in [1.54, 1.807) is 6.08 Å². The minimum atomic E-state index is -0.335. The number of benzene rings is 1. The maximum atomic E-state index is 12.3. The number of fused-ring (bicyclic) bond motifs is 1. The monoisotopic (exact) mass is 322 g/mol. The van der Waals surface area contributed by atoms with E-state index in [1.165, 1.54) is 0 Å². The molecular weight excluding hydrogens is 308 g/mol. The molecule has 2 amide bonds. The number of allylic oxidation sites excluding steroid dienone is 1. The highest BCUT2D eigenvalue weighted by Gasteiger charge is 2.34. The van der Waals surface area contributed by atoms with E-state index in [4.69, 9.17) is 6.42 Å². The van der Waals surface area contributed by atoms with E-state index in [-0.39, 0.29) is 17.7 Å². The topological polar surface area (TPSA) is 42.3 Å². The van der Waals surface area contributed by atoms with Gasteiger partial charge in [-0.25, -0.2) is 0 Å². The molecule has 2 heterocycles. The van der Waals surface area contributed by atoms with Crippen molar-refractivity contribution in [3.8, 4) is 12.3 Å². The lowest BCUT2D eigenvalue weighted by Gasteiger charge is -2.06. The predicted molar refractivity (Wildman–Crippen MR) is 93.6 cm³/mol. The number of carbonyl (C=O) groups is 2. The van der Waals surface area contributed by atoms with E-state index < -0.39 is 0 Å². The minimum absolute atomic E-state index is 0.000229. The molecule has 1 fully saturated rings. The molecule has 1 aromatic heterocycles. The van der Waals surface area contributed by atoms with Crippen molar-refractivity contribution in [3.63, 3.8) is 0 Å². The third kappa shape index (κ3) is 2.69. The van der Waals surface area contributed by atoms with Crippen LogP contribution in [-0.2, 0) is 11.3 Å². The fourth-order valence-corrected chi connectivity index (χ4v) is 3.38. The zero-order valence-electron chi connectivity index (χ0n) is 12.4. The maximum absolute atomic E-state index is 12.3. The lowest BCUT2D eigenvalue weighted by molar-refractivity contribution is -0.122. The summed E-state index contributed by atoms with van der Waals surface area (Å²) in [6.45, 7) is 4.44. The van der Waals surface area contributed by atoms with E-state index in [2.05, 4.69) is 17.1 Å². The molecule has 0 N–H and O–H groups in total. The quantitative estimate of drug-likeness (QED) is 0.491. The molecule has 1 aromatic carbocycles. The Morgan fingerprint density at radius 1 is 1.30 bits per heavy atom. The molecule has 2 aromatic rings.